The first kappa shape index (κ1) is 47.4. The van der Waals surface area contributed by atoms with Gasteiger partial charge in [0.2, 0.25) is 0 Å². The Balaban J connectivity index is 0.00000451. The van der Waals surface area contributed by atoms with Gasteiger partial charge in [0.25, 0.3) is 0 Å². The maximum atomic E-state index is 2.81. The molecule has 2 aliphatic rings. The minimum atomic E-state index is -0.955. The van der Waals surface area contributed by atoms with Crippen molar-refractivity contribution < 1.29 is 48.0 Å². The molecule has 0 amide bonds. The Kier molecular flexibility index (Phi) is 23.6. The van der Waals surface area contributed by atoms with Crippen LogP contribution < -0.4 is 24.8 Å². The van der Waals surface area contributed by atoms with Crippen molar-refractivity contribution in [2.45, 2.75) is 165 Å². The summed E-state index contributed by atoms with van der Waals surface area (Å²) < 4.78 is 1.50. The molecule has 0 saturated heterocycles. The molecular formula is C46H72Cl2P2Zr. The smallest absolute Gasteiger partial charge is 1.00 e. The van der Waals surface area contributed by atoms with E-state index in [1.807, 2.05) is 10.6 Å². The van der Waals surface area contributed by atoms with E-state index in [0.717, 1.165) is 7.25 Å². The molecule has 0 aromatic heterocycles. The average Bonchev–Trinajstić information content (AvgIpc) is 3.68. The molecule has 5 heteroatoms. The van der Waals surface area contributed by atoms with E-state index < -0.39 is 23.2 Å². The number of rotatable bonds is 24. The maximum Gasteiger partial charge on any atom is -1.00 e. The van der Waals surface area contributed by atoms with Gasteiger partial charge in [-0.3, -0.25) is 0 Å². The molecular weight excluding hydrogens is 777 g/mol. The van der Waals surface area contributed by atoms with Crippen LogP contribution in [0.15, 0.2) is 34.9 Å². The van der Waals surface area contributed by atoms with Crippen molar-refractivity contribution in [3.63, 3.8) is 0 Å². The zero-order valence-corrected chi connectivity index (χ0v) is 39.7. The van der Waals surface area contributed by atoms with Gasteiger partial charge in [-0.2, -0.15) is 0 Å². The van der Waals surface area contributed by atoms with Crippen LogP contribution in [-0.4, -0.2) is 24.6 Å². The minimum Gasteiger partial charge on any atom is -1.00 e. The summed E-state index contributed by atoms with van der Waals surface area (Å²) in [6.45, 7) is 19.2. The average molecular weight is 849 g/mol. The second kappa shape index (κ2) is 25.4. The van der Waals surface area contributed by atoms with Crippen molar-refractivity contribution in [1.82, 2.24) is 0 Å². The fraction of sp³-hybridized carbons (Fsp3) is 0.652. The van der Waals surface area contributed by atoms with Crippen molar-refractivity contribution in [1.29, 1.82) is 0 Å². The number of unbranched alkanes of at least 4 members (excludes halogenated alkanes) is 12. The molecule has 0 nitrogen and oxygen atoms in total. The molecule has 0 bridgehead atoms. The Hall–Kier alpha value is 0.243. The van der Waals surface area contributed by atoms with Crippen molar-refractivity contribution >= 4 is 28.0 Å². The van der Waals surface area contributed by atoms with Crippen molar-refractivity contribution in [3.8, 4) is 0 Å². The van der Waals surface area contributed by atoms with Gasteiger partial charge < -0.3 is 24.8 Å². The molecule has 284 valence electrons. The predicted octanol–water partition coefficient (Wildman–Crippen LogP) is 9.79. The summed E-state index contributed by atoms with van der Waals surface area (Å²) >= 11 is -0.955. The number of aryl methyl sites for hydroxylation is 4. The van der Waals surface area contributed by atoms with Crippen molar-refractivity contribution in [2.75, 3.05) is 24.6 Å². The first-order valence-corrected chi connectivity index (χ1v) is 27.0. The molecule has 2 aromatic rings. The summed E-state index contributed by atoms with van der Waals surface area (Å²) in [5.41, 5.74) is 13.1. The van der Waals surface area contributed by atoms with Gasteiger partial charge in [0.1, 0.15) is 0 Å². The number of halogens is 2. The summed E-state index contributed by atoms with van der Waals surface area (Å²) in [5, 5.41) is 3.91. The van der Waals surface area contributed by atoms with Crippen molar-refractivity contribution in [2.24, 2.45) is 0 Å². The Labute approximate surface area is 343 Å². The zero-order valence-electron chi connectivity index (χ0n) is 33.9. The molecule has 0 spiro atoms. The Bertz CT molecular complexity index is 1250. The monoisotopic (exact) mass is 846 g/mol. The van der Waals surface area contributed by atoms with E-state index >= 15 is 0 Å². The predicted molar refractivity (Wildman–Crippen MR) is 223 cm³/mol. The number of fused-ring (bicyclic) bond motifs is 2. The molecule has 2 aromatic carbocycles. The number of benzene rings is 2. The van der Waals surface area contributed by atoms with Gasteiger partial charge in [0, 0.05) is 0 Å². The molecule has 2 unspecified atom stereocenters. The maximum absolute atomic E-state index is 2.81. The summed E-state index contributed by atoms with van der Waals surface area (Å²) in [7, 11) is -0.149. The Morgan fingerprint density at radius 2 is 0.725 bits per heavy atom. The van der Waals surface area contributed by atoms with Crippen LogP contribution in [0.4, 0.5) is 0 Å². The molecule has 2 aliphatic carbocycles. The van der Waals surface area contributed by atoms with Gasteiger partial charge in [-0.15, -0.1) is 0 Å². The largest absolute Gasteiger partial charge is 1.00 e. The van der Waals surface area contributed by atoms with E-state index in [1.165, 1.54) is 139 Å². The van der Waals surface area contributed by atoms with E-state index in [0.29, 0.717) is 0 Å². The van der Waals surface area contributed by atoms with Gasteiger partial charge in [0.05, 0.1) is 0 Å². The second-order valence-electron chi connectivity index (χ2n) is 15.4. The molecule has 4 rings (SSSR count). The summed E-state index contributed by atoms with van der Waals surface area (Å²) in [6.07, 6.45) is 33.9. The molecule has 0 fully saturated rings. The number of hydrogen-bond acceptors (Lipinski definition) is 0. The van der Waals surface area contributed by atoms with E-state index in [1.54, 1.807) is 33.4 Å². The van der Waals surface area contributed by atoms with Crippen LogP contribution in [0.1, 0.15) is 182 Å². The van der Waals surface area contributed by atoms with Gasteiger partial charge in [0.15, 0.2) is 0 Å². The molecule has 0 saturated carbocycles. The third-order valence-corrected chi connectivity index (χ3v) is 22.8. The quantitative estimate of drug-likeness (QED) is 0.0730. The topological polar surface area (TPSA) is 0 Å². The Morgan fingerprint density at radius 1 is 0.431 bits per heavy atom. The first-order valence-electron chi connectivity index (χ1n) is 20.7. The third-order valence-electron chi connectivity index (χ3n) is 11.4. The van der Waals surface area contributed by atoms with Crippen molar-refractivity contribution in [3.05, 3.63) is 79.4 Å². The molecule has 0 aliphatic heterocycles. The third kappa shape index (κ3) is 13.2. The zero-order chi connectivity index (χ0) is 35.2. The fourth-order valence-corrected chi connectivity index (χ4v) is 22.2. The summed E-state index contributed by atoms with van der Waals surface area (Å²) in [5.74, 6) is 0. The summed E-state index contributed by atoms with van der Waals surface area (Å²) in [4.78, 5) is 0. The molecule has 0 N–H and O–H groups in total. The molecule has 51 heavy (non-hydrogen) atoms. The number of hydrogen-bond donors (Lipinski definition) is 0. The van der Waals surface area contributed by atoms with Gasteiger partial charge in [-0.05, 0) is 0 Å². The van der Waals surface area contributed by atoms with Gasteiger partial charge in [-0.25, -0.2) is 0 Å². The van der Waals surface area contributed by atoms with Crippen LogP contribution in [0.25, 0.3) is 12.2 Å². The normalized spacial score (nSPS) is 16.0. The van der Waals surface area contributed by atoms with E-state index in [-0.39, 0.29) is 40.7 Å². The summed E-state index contributed by atoms with van der Waals surface area (Å²) in [6, 6.07) is 9.81. The molecule has 0 heterocycles. The van der Waals surface area contributed by atoms with E-state index in [2.05, 4.69) is 91.8 Å². The minimum absolute atomic E-state index is 0. The van der Waals surface area contributed by atoms with Gasteiger partial charge >= 0.3 is 321 Å². The fourth-order valence-electron chi connectivity index (χ4n) is 8.33. The number of allylic oxidation sites excluding steroid dienone is 2. The second-order valence-corrected chi connectivity index (χ2v) is 24.1. The standard InChI is InChI=1S/2C23H36P.2ClH.Zr/c2*1-5-7-9-11-15-24(16-12-10-8-6-2)21-17-22-19(3)13-14-20(4)23(22)18-21;;;/h2*13-14,17-18H,5-12,15-16H2,1-4H3;2*1H;/q;;;;+2/p-2. The van der Waals surface area contributed by atoms with Crippen LogP contribution >= 0.6 is 15.8 Å². The van der Waals surface area contributed by atoms with E-state index in [4.69, 9.17) is 0 Å². The molecule has 2 atom stereocenters. The van der Waals surface area contributed by atoms with Crippen LogP contribution in [0.5, 0.6) is 0 Å². The van der Waals surface area contributed by atoms with Crippen LogP contribution in [0.2, 0.25) is 0 Å². The first-order chi connectivity index (χ1) is 23.9. The Morgan fingerprint density at radius 3 is 1.02 bits per heavy atom. The van der Waals surface area contributed by atoms with Crippen LogP contribution in [0, 0.1) is 27.7 Å². The molecule has 0 radical (unpaired) electrons. The van der Waals surface area contributed by atoms with Crippen LogP contribution in [0.3, 0.4) is 0 Å². The van der Waals surface area contributed by atoms with E-state index in [9.17, 15) is 0 Å². The van der Waals surface area contributed by atoms with Crippen LogP contribution in [-0.2, 0) is 23.2 Å². The van der Waals surface area contributed by atoms with Gasteiger partial charge in [-0.1, -0.05) is 0 Å². The SMILES string of the molecule is CCCCCCP(CCCCCC)C1=Cc2c(C)ccc(C)c2[CH]1[Zr+2][CH]1C(P(CCCCCC)CCCCCC)=Cc2c(C)ccc(C)c21.[Cl-].[Cl-].